The van der Waals surface area contributed by atoms with Gasteiger partial charge in [-0.1, -0.05) is 6.07 Å². The number of carbonyl (C=O) groups is 1. The first-order chi connectivity index (χ1) is 9.63. The molecular weight excluding hydrogens is 310 g/mol. The van der Waals surface area contributed by atoms with Crippen molar-refractivity contribution in [1.82, 2.24) is 4.98 Å². The molecule has 2 rings (SSSR count). The van der Waals surface area contributed by atoms with E-state index in [9.17, 15) is 4.79 Å². The fraction of sp³-hybridized carbons (Fsp3) is 0.286. The predicted octanol–water partition coefficient (Wildman–Crippen LogP) is 2.64. The van der Waals surface area contributed by atoms with E-state index in [1.807, 2.05) is 25.1 Å². The first-order valence-corrected chi connectivity index (χ1v) is 7.12. The van der Waals surface area contributed by atoms with Gasteiger partial charge in [0, 0.05) is 11.8 Å². The number of nitrogens with one attached hydrogen (secondary N) is 1. The number of hydrogen-bond donors (Lipinski definition) is 2. The van der Waals surface area contributed by atoms with Gasteiger partial charge in [0.05, 0.1) is 17.8 Å². The van der Waals surface area contributed by atoms with Crippen molar-refractivity contribution in [3.8, 4) is 5.75 Å². The number of amides is 1. The van der Waals surface area contributed by atoms with E-state index in [1.54, 1.807) is 12.5 Å². The van der Waals surface area contributed by atoms with Crippen LogP contribution in [-0.2, 0) is 6.42 Å². The largest absolute Gasteiger partial charge is 0.495 e. The quantitative estimate of drug-likeness (QED) is 0.885. The lowest BCUT2D eigenvalue weighted by Gasteiger charge is -2.10. The summed E-state index contributed by atoms with van der Waals surface area (Å²) in [5.41, 5.74) is 7.57. The van der Waals surface area contributed by atoms with E-state index in [4.69, 9.17) is 10.5 Å². The molecule has 1 amide bonds. The zero-order valence-electron chi connectivity index (χ0n) is 11.9. The van der Waals surface area contributed by atoms with Crippen LogP contribution in [0.25, 0.3) is 0 Å². The van der Waals surface area contributed by atoms with E-state index in [0.717, 1.165) is 10.6 Å². The SMILES string of the molecule is COc1ccc(C)cc1NC(=O)c1csc(CCN)n1.Cl. The number of rotatable bonds is 5. The number of nitrogens with two attached hydrogens (primary N) is 1. The first kappa shape index (κ1) is 17.4. The van der Waals surface area contributed by atoms with Crippen molar-refractivity contribution in [2.45, 2.75) is 13.3 Å². The summed E-state index contributed by atoms with van der Waals surface area (Å²) in [6.07, 6.45) is 0.686. The number of aryl methyl sites for hydroxylation is 1. The maximum Gasteiger partial charge on any atom is 0.275 e. The fourth-order valence-corrected chi connectivity index (χ4v) is 2.55. The van der Waals surface area contributed by atoms with Crippen LogP contribution in [0.3, 0.4) is 0 Å². The number of ether oxygens (including phenoxy) is 1. The van der Waals surface area contributed by atoms with Gasteiger partial charge in [0.25, 0.3) is 5.91 Å². The highest BCUT2D eigenvalue weighted by Gasteiger charge is 2.13. The Morgan fingerprint density at radius 1 is 1.48 bits per heavy atom. The average Bonchev–Trinajstić information content (AvgIpc) is 2.88. The molecule has 5 nitrogen and oxygen atoms in total. The van der Waals surface area contributed by atoms with Crippen LogP contribution in [-0.4, -0.2) is 24.5 Å². The third kappa shape index (κ3) is 4.42. The first-order valence-electron chi connectivity index (χ1n) is 6.24. The van der Waals surface area contributed by atoms with Gasteiger partial charge < -0.3 is 15.8 Å². The summed E-state index contributed by atoms with van der Waals surface area (Å²) in [6.45, 7) is 2.48. The number of benzene rings is 1. The Balaban J connectivity index is 0.00000220. The summed E-state index contributed by atoms with van der Waals surface area (Å²) >= 11 is 1.44. The summed E-state index contributed by atoms with van der Waals surface area (Å²) in [5.74, 6) is 0.384. The number of nitrogens with zero attached hydrogens (tertiary/aromatic N) is 1. The van der Waals surface area contributed by atoms with Crippen molar-refractivity contribution >= 4 is 35.3 Å². The molecule has 0 aliphatic rings. The molecule has 1 heterocycles. The molecule has 21 heavy (non-hydrogen) atoms. The third-order valence-electron chi connectivity index (χ3n) is 2.75. The molecule has 0 unspecified atom stereocenters. The number of anilines is 1. The van der Waals surface area contributed by atoms with E-state index in [1.165, 1.54) is 11.3 Å². The van der Waals surface area contributed by atoms with E-state index in [0.29, 0.717) is 30.1 Å². The molecule has 3 N–H and O–H groups in total. The maximum absolute atomic E-state index is 12.2. The highest BCUT2D eigenvalue weighted by atomic mass is 35.5. The van der Waals surface area contributed by atoms with Crippen molar-refractivity contribution in [2.75, 3.05) is 19.0 Å². The highest BCUT2D eigenvalue weighted by molar-refractivity contribution is 7.09. The standard InChI is InChI=1S/C14H17N3O2S.ClH/c1-9-3-4-12(19-2)10(7-9)17-14(18)11-8-20-13(16-11)5-6-15;/h3-4,7-8H,5-6,15H2,1-2H3,(H,17,18);1H. The van der Waals surface area contributed by atoms with E-state index < -0.39 is 0 Å². The Labute approximate surface area is 133 Å². The molecule has 0 spiro atoms. The van der Waals surface area contributed by atoms with Gasteiger partial charge in [0.15, 0.2) is 0 Å². The van der Waals surface area contributed by atoms with Gasteiger partial charge in [-0.3, -0.25) is 4.79 Å². The minimum Gasteiger partial charge on any atom is -0.495 e. The zero-order valence-corrected chi connectivity index (χ0v) is 13.5. The maximum atomic E-state index is 12.2. The molecule has 0 saturated heterocycles. The molecule has 0 fully saturated rings. The lowest BCUT2D eigenvalue weighted by Crippen LogP contribution is -2.13. The lowest BCUT2D eigenvalue weighted by atomic mass is 10.2. The second-order valence-corrected chi connectivity index (χ2v) is 5.27. The molecule has 1 aromatic heterocycles. The summed E-state index contributed by atoms with van der Waals surface area (Å²) in [6, 6.07) is 5.62. The number of carbonyl (C=O) groups excluding carboxylic acids is 1. The molecule has 0 bridgehead atoms. The monoisotopic (exact) mass is 327 g/mol. The molecule has 1 aromatic carbocycles. The van der Waals surface area contributed by atoms with Crippen LogP contribution in [0.2, 0.25) is 0 Å². The summed E-state index contributed by atoms with van der Waals surface area (Å²) in [7, 11) is 1.57. The van der Waals surface area contributed by atoms with Gasteiger partial charge in [-0.25, -0.2) is 4.98 Å². The molecule has 2 aromatic rings. The van der Waals surface area contributed by atoms with Gasteiger partial charge in [-0.15, -0.1) is 23.7 Å². The third-order valence-corrected chi connectivity index (χ3v) is 3.65. The Hall–Kier alpha value is -1.63. The van der Waals surface area contributed by atoms with Crippen LogP contribution in [0.1, 0.15) is 21.1 Å². The average molecular weight is 328 g/mol. The minimum absolute atomic E-state index is 0. The molecule has 114 valence electrons. The van der Waals surface area contributed by atoms with Crippen LogP contribution in [0.15, 0.2) is 23.6 Å². The fourth-order valence-electron chi connectivity index (χ4n) is 1.76. The van der Waals surface area contributed by atoms with Crippen molar-refractivity contribution in [3.05, 3.63) is 39.8 Å². The lowest BCUT2D eigenvalue weighted by molar-refractivity contribution is 0.102. The van der Waals surface area contributed by atoms with Gasteiger partial charge in [0.1, 0.15) is 11.4 Å². The summed E-state index contributed by atoms with van der Waals surface area (Å²) in [4.78, 5) is 16.4. The van der Waals surface area contributed by atoms with Crippen molar-refractivity contribution < 1.29 is 9.53 Å². The zero-order chi connectivity index (χ0) is 14.5. The van der Waals surface area contributed by atoms with Crippen molar-refractivity contribution in [2.24, 2.45) is 5.73 Å². The van der Waals surface area contributed by atoms with E-state index in [-0.39, 0.29) is 18.3 Å². The predicted molar refractivity (Wildman–Crippen MR) is 87.8 cm³/mol. The van der Waals surface area contributed by atoms with Gasteiger partial charge >= 0.3 is 0 Å². The second kappa shape index (κ2) is 7.97. The van der Waals surface area contributed by atoms with Crippen LogP contribution >= 0.6 is 23.7 Å². The molecule has 0 saturated carbocycles. The summed E-state index contributed by atoms with van der Waals surface area (Å²) < 4.78 is 5.23. The van der Waals surface area contributed by atoms with Gasteiger partial charge in [0.2, 0.25) is 0 Å². The van der Waals surface area contributed by atoms with E-state index in [2.05, 4.69) is 10.3 Å². The van der Waals surface area contributed by atoms with Crippen LogP contribution < -0.4 is 15.8 Å². The Morgan fingerprint density at radius 2 is 2.24 bits per heavy atom. The topological polar surface area (TPSA) is 77.2 Å². The van der Waals surface area contributed by atoms with Gasteiger partial charge in [-0.05, 0) is 31.2 Å². The Kier molecular flexibility index (Phi) is 6.61. The molecule has 0 aliphatic carbocycles. The Bertz CT molecular complexity index is 616. The number of aromatic nitrogens is 1. The molecule has 0 atom stereocenters. The molecule has 7 heteroatoms. The smallest absolute Gasteiger partial charge is 0.275 e. The van der Waals surface area contributed by atoms with Crippen LogP contribution in [0, 0.1) is 6.92 Å². The number of methoxy groups -OCH3 is 1. The van der Waals surface area contributed by atoms with E-state index >= 15 is 0 Å². The van der Waals surface area contributed by atoms with Crippen LogP contribution in [0.5, 0.6) is 5.75 Å². The molecule has 0 radical (unpaired) electrons. The number of thiazole rings is 1. The van der Waals surface area contributed by atoms with Crippen LogP contribution in [0.4, 0.5) is 5.69 Å². The molecular formula is C14H18ClN3O2S. The minimum atomic E-state index is -0.242. The number of halogens is 1. The summed E-state index contributed by atoms with van der Waals surface area (Å²) in [5, 5.41) is 5.43. The normalized spacial score (nSPS) is 9.86. The number of hydrogen-bond acceptors (Lipinski definition) is 5. The molecule has 0 aliphatic heterocycles. The second-order valence-electron chi connectivity index (χ2n) is 4.32. The highest BCUT2D eigenvalue weighted by Crippen LogP contribution is 2.25. The van der Waals surface area contributed by atoms with Crippen molar-refractivity contribution in [3.63, 3.8) is 0 Å². The Morgan fingerprint density at radius 3 is 2.90 bits per heavy atom. The van der Waals surface area contributed by atoms with Crippen molar-refractivity contribution in [1.29, 1.82) is 0 Å². The van der Waals surface area contributed by atoms with Gasteiger partial charge in [-0.2, -0.15) is 0 Å².